The van der Waals surface area contributed by atoms with E-state index in [0.29, 0.717) is 16.7 Å². The van der Waals surface area contributed by atoms with E-state index in [1.54, 1.807) is 30.3 Å². The first kappa shape index (κ1) is 20.8. The zero-order valence-corrected chi connectivity index (χ0v) is 16.5. The molecular formula is C25H19F3O3. The summed E-state index contributed by atoms with van der Waals surface area (Å²) in [6, 6.07) is 20.4. The van der Waals surface area contributed by atoms with Gasteiger partial charge in [0.25, 0.3) is 0 Å². The van der Waals surface area contributed by atoms with Gasteiger partial charge in [-0.15, -0.1) is 0 Å². The van der Waals surface area contributed by atoms with Crippen molar-refractivity contribution >= 4 is 11.9 Å². The number of hydrogen-bond donors (Lipinski definition) is 0. The van der Waals surface area contributed by atoms with Gasteiger partial charge < -0.3 is 4.74 Å². The van der Waals surface area contributed by atoms with Crippen LogP contribution in [0.5, 0.6) is 0 Å². The van der Waals surface area contributed by atoms with E-state index in [1.807, 2.05) is 0 Å². The third-order valence-corrected chi connectivity index (χ3v) is 6.06. The minimum Gasteiger partial charge on any atom is -0.386 e. The van der Waals surface area contributed by atoms with E-state index in [2.05, 4.69) is 0 Å². The van der Waals surface area contributed by atoms with Crippen LogP contribution in [-0.2, 0) is 10.2 Å². The Bertz CT molecular complexity index is 1020. The molecule has 4 bridgehead atoms. The average molecular weight is 424 g/mol. The molecule has 0 amide bonds. The average Bonchev–Trinajstić information content (AvgIpc) is 2.83. The normalized spacial score (nSPS) is 15.3. The summed E-state index contributed by atoms with van der Waals surface area (Å²) in [7, 11) is 0. The number of carbonyl (C=O) groups is 2. The van der Waals surface area contributed by atoms with Crippen LogP contribution >= 0.6 is 0 Å². The van der Waals surface area contributed by atoms with Crippen molar-refractivity contribution < 1.29 is 27.5 Å². The van der Waals surface area contributed by atoms with Gasteiger partial charge in [-0.2, -0.15) is 0 Å². The topological polar surface area (TPSA) is 43.4 Å². The second kappa shape index (κ2) is 8.02. The van der Waals surface area contributed by atoms with Crippen molar-refractivity contribution in [1.82, 2.24) is 0 Å². The molecule has 0 atom stereocenters. The summed E-state index contributed by atoms with van der Waals surface area (Å²) in [5.74, 6) is -1.70. The van der Waals surface area contributed by atoms with Crippen LogP contribution in [0.4, 0.5) is 13.2 Å². The van der Waals surface area contributed by atoms with E-state index in [-0.39, 0.29) is 11.1 Å². The fourth-order valence-electron chi connectivity index (χ4n) is 4.43. The summed E-state index contributed by atoms with van der Waals surface area (Å²) in [5, 5.41) is 0. The van der Waals surface area contributed by atoms with E-state index in [4.69, 9.17) is 4.74 Å². The van der Waals surface area contributed by atoms with Gasteiger partial charge in [-0.05, 0) is 41.0 Å². The highest BCUT2D eigenvalue weighted by atomic mass is 19.1. The summed E-state index contributed by atoms with van der Waals surface area (Å²) in [6.45, 7) is -3.79. The molecular weight excluding hydrogens is 405 g/mol. The zero-order valence-electron chi connectivity index (χ0n) is 16.5. The van der Waals surface area contributed by atoms with Crippen molar-refractivity contribution in [3.63, 3.8) is 0 Å². The van der Waals surface area contributed by atoms with Crippen LogP contribution in [0.2, 0.25) is 0 Å². The van der Waals surface area contributed by atoms with Gasteiger partial charge in [0.15, 0.2) is 0 Å². The molecule has 0 N–H and O–H groups in total. The molecule has 6 heteroatoms. The number of halogens is 3. The highest BCUT2D eigenvalue weighted by Gasteiger charge is 2.55. The lowest BCUT2D eigenvalue weighted by Gasteiger charge is -2.48. The number of carbonyl (C=O) groups excluding carboxylic acids is 2. The molecule has 0 aromatic heterocycles. The predicted octanol–water partition coefficient (Wildman–Crippen LogP) is 5.23. The molecule has 0 fully saturated rings. The van der Waals surface area contributed by atoms with Crippen molar-refractivity contribution in [2.45, 2.75) is 5.41 Å². The van der Waals surface area contributed by atoms with Crippen LogP contribution in [0, 0.1) is 5.41 Å². The van der Waals surface area contributed by atoms with E-state index in [0.717, 1.165) is 0 Å². The minimum atomic E-state index is -2.06. The van der Waals surface area contributed by atoms with Crippen LogP contribution in [0.15, 0.2) is 78.9 Å². The Hall–Kier alpha value is -3.41. The summed E-state index contributed by atoms with van der Waals surface area (Å²) in [6.07, 6.45) is 0. The van der Waals surface area contributed by atoms with E-state index in [9.17, 15) is 22.8 Å². The second-order valence-corrected chi connectivity index (χ2v) is 7.63. The third-order valence-electron chi connectivity index (χ3n) is 6.06. The number of esters is 2. The van der Waals surface area contributed by atoms with Crippen molar-refractivity contribution in [2.24, 2.45) is 5.41 Å². The van der Waals surface area contributed by atoms with E-state index >= 15 is 0 Å². The summed E-state index contributed by atoms with van der Waals surface area (Å²) in [4.78, 5) is 24.7. The Balaban J connectivity index is 2.17. The lowest BCUT2D eigenvalue weighted by Crippen LogP contribution is -2.52. The molecule has 3 nitrogen and oxygen atoms in total. The number of hydrogen-bond acceptors (Lipinski definition) is 3. The Morgan fingerprint density at radius 2 is 1.00 bits per heavy atom. The molecule has 31 heavy (non-hydrogen) atoms. The first-order chi connectivity index (χ1) is 15.0. The number of ether oxygens (including phenoxy) is 1. The van der Waals surface area contributed by atoms with Gasteiger partial charge >= 0.3 is 11.9 Å². The number of rotatable bonds is 5. The molecule has 158 valence electrons. The molecule has 3 aromatic carbocycles. The van der Waals surface area contributed by atoms with Crippen LogP contribution in [-0.4, -0.2) is 32.0 Å². The fraction of sp³-hybridized carbons (Fsp3) is 0.200. The lowest BCUT2D eigenvalue weighted by atomic mass is 9.54. The maximum absolute atomic E-state index is 14.6. The first-order valence-electron chi connectivity index (χ1n) is 9.73. The SMILES string of the molecule is O=C1OC(=O)c2ccc(cc2)C(c2ccccc2)(C(CF)(CF)CF)c2ccc1cc2. The van der Waals surface area contributed by atoms with E-state index in [1.165, 1.54) is 48.5 Å². The predicted molar refractivity (Wildman–Crippen MR) is 109 cm³/mol. The third kappa shape index (κ3) is 3.05. The van der Waals surface area contributed by atoms with Gasteiger partial charge in [0, 0.05) is 0 Å². The Morgan fingerprint density at radius 1 is 0.613 bits per heavy atom. The van der Waals surface area contributed by atoms with Crippen molar-refractivity contribution in [3.8, 4) is 0 Å². The van der Waals surface area contributed by atoms with Crippen molar-refractivity contribution in [3.05, 3.63) is 107 Å². The van der Waals surface area contributed by atoms with Gasteiger partial charge in [0.1, 0.15) is 20.0 Å². The first-order valence-corrected chi connectivity index (χ1v) is 9.73. The molecule has 0 aliphatic carbocycles. The molecule has 0 saturated heterocycles. The van der Waals surface area contributed by atoms with Gasteiger partial charge in [-0.25, -0.2) is 9.59 Å². The molecule has 3 aromatic rings. The number of benzene rings is 3. The van der Waals surface area contributed by atoms with Crippen LogP contribution in [0.3, 0.4) is 0 Å². The summed E-state index contributed by atoms with van der Waals surface area (Å²) in [5.41, 5.74) is -2.09. The quantitative estimate of drug-likeness (QED) is 0.416. The number of alkyl halides is 3. The maximum atomic E-state index is 14.6. The van der Waals surface area contributed by atoms with Gasteiger partial charge in [-0.1, -0.05) is 54.6 Å². The maximum Gasteiger partial charge on any atom is 0.346 e. The highest BCUT2D eigenvalue weighted by Crippen LogP contribution is 2.53. The fourth-order valence-corrected chi connectivity index (χ4v) is 4.43. The van der Waals surface area contributed by atoms with Gasteiger partial charge in [-0.3, -0.25) is 13.2 Å². The minimum absolute atomic E-state index is 0.0976. The van der Waals surface area contributed by atoms with Crippen LogP contribution in [0.1, 0.15) is 37.4 Å². The molecule has 0 saturated carbocycles. The van der Waals surface area contributed by atoms with Gasteiger partial charge in [0.2, 0.25) is 0 Å². The van der Waals surface area contributed by atoms with Crippen molar-refractivity contribution in [2.75, 3.05) is 20.0 Å². The lowest BCUT2D eigenvalue weighted by molar-refractivity contribution is 0.0396. The van der Waals surface area contributed by atoms with Crippen molar-refractivity contribution in [1.29, 1.82) is 0 Å². The molecule has 7 rings (SSSR count). The molecule has 0 radical (unpaired) electrons. The Morgan fingerprint density at radius 3 is 1.39 bits per heavy atom. The molecule has 4 aliphatic heterocycles. The zero-order chi connectivity index (χ0) is 22.1. The summed E-state index contributed by atoms with van der Waals surface area (Å²) < 4.78 is 48.7. The van der Waals surface area contributed by atoms with Crippen LogP contribution < -0.4 is 0 Å². The van der Waals surface area contributed by atoms with Crippen LogP contribution in [0.25, 0.3) is 0 Å². The largest absolute Gasteiger partial charge is 0.386 e. The summed E-state index contributed by atoms with van der Waals surface area (Å²) >= 11 is 0. The highest BCUT2D eigenvalue weighted by molar-refractivity contribution is 6.02. The smallest absolute Gasteiger partial charge is 0.346 e. The molecule has 0 spiro atoms. The molecule has 0 unspecified atom stereocenters. The molecule has 4 aliphatic rings. The van der Waals surface area contributed by atoms with Gasteiger partial charge in [0.05, 0.1) is 22.0 Å². The van der Waals surface area contributed by atoms with E-state index < -0.39 is 42.8 Å². The second-order valence-electron chi connectivity index (χ2n) is 7.63. The standard InChI is InChI=1S/C25H19F3O3/c26-14-24(15-27,16-28)25(19-4-2-1-3-5-19)20-10-6-17(7-11-20)22(29)31-23(30)18-8-12-21(25)13-9-18/h1-13H,14-16H2. The monoisotopic (exact) mass is 424 g/mol. The Kier molecular flexibility index (Phi) is 5.39. The Labute approximate surface area is 177 Å². The molecule has 4 heterocycles.